The van der Waals surface area contributed by atoms with Gasteiger partial charge in [0.25, 0.3) is 0 Å². The molecule has 0 heterocycles. The molecular weight excluding hydrogens is 366 g/mol. The molecule has 0 aromatic heterocycles. The van der Waals surface area contributed by atoms with Crippen LogP contribution in [-0.2, 0) is 16.4 Å². The van der Waals surface area contributed by atoms with E-state index in [9.17, 15) is 8.42 Å². The van der Waals surface area contributed by atoms with Gasteiger partial charge in [-0.2, -0.15) is 0 Å². The van der Waals surface area contributed by atoms with E-state index < -0.39 is 10.0 Å². The van der Waals surface area contributed by atoms with Crippen molar-refractivity contribution < 1.29 is 13.2 Å². The molecule has 2 aromatic rings. The van der Waals surface area contributed by atoms with E-state index in [2.05, 4.69) is 20.7 Å². The Morgan fingerprint density at radius 3 is 2.59 bits per heavy atom. The standard InChI is InChI=1S/C16H18BrNO3S/c1-12-11-14(7-8-15(12)17)22(19,20)18-10-9-13-5-3-4-6-16(13)21-2/h3-8,11,18H,9-10H2,1-2H3. The number of halogens is 1. The molecule has 0 fully saturated rings. The number of methoxy groups -OCH3 is 1. The molecule has 6 heteroatoms. The molecule has 0 aliphatic carbocycles. The van der Waals surface area contributed by atoms with Gasteiger partial charge in [-0.3, -0.25) is 0 Å². The van der Waals surface area contributed by atoms with Crippen molar-refractivity contribution in [1.29, 1.82) is 0 Å². The second kappa shape index (κ2) is 7.26. The Kier molecular flexibility index (Phi) is 5.61. The van der Waals surface area contributed by atoms with Gasteiger partial charge in [0.05, 0.1) is 12.0 Å². The summed E-state index contributed by atoms with van der Waals surface area (Å²) in [5.41, 5.74) is 1.85. The third-order valence-corrected chi connectivity index (χ3v) is 5.67. The van der Waals surface area contributed by atoms with Crippen molar-refractivity contribution in [1.82, 2.24) is 4.72 Å². The van der Waals surface area contributed by atoms with Crippen molar-refractivity contribution in [3.63, 3.8) is 0 Å². The summed E-state index contributed by atoms with van der Waals surface area (Å²) in [7, 11) is -1.90. The van der Waals surface area contributed by atoms with Crippen molar-refractivity contribution in [3.05, 3.63) is 58.1 Å². The molecule has 0 unspecified atom stereocenters. The van der Waals surface area contributed by atoms with Gasteiger partial charge in [0.1, 0.15) is 5.75 Å². The Bertz CT molecular complexity index is 760. The van der Waals surface area contributed by atoms with Crippen LogP contribution in [0.3, 0.4) is 0 Å². The lowest BCUT2D eigenvalue weighted by atomic mass is 10.1. The Balaban J connectivity index is 2.05. The summed E-state index contributed by atoms with van der Waals surface area (Å²) in [5.74, 6) is 0.765. The van der Waals surface area contributed by atoms with Gasteiger partial charge in [-0.05, 0) is 48.7 Å². The van der Waals surface area contributed by atoms with Crippen LogP contribution >= 0.6 is 15.9 Å². The molecule has 0 amide bonds. The fraction of sp³-hybridized carbons (Fsp3) is 0.250. The van der Waals surface area contributed by atoms with Crippen LogP contribution in [0.5, 0.6) is 5.75 Å². The average molecular weight is 384 g/mol. The van der Waals surface area contributed by atoms with E-state index in [1.165, 1.54) is 0 Å². The number of nitrogens with one attached hydrogen (secondary N) is 1. The second-order valence-corrected chi connectivity index (χ2v) is 7.49. The molecule has 0 aliphatic rings. The van der Waals surface area contributed by atoms with Crippen LogP contribution in [0.15, 0.2) is 51.8 Å². The number of hydrogen-bond donors (Lipinski definition) is 1. The number of benzene rings is 2. The van der Waals surface area contributed by atoms with Gasteiger partial charge in [0, 0.05) is 11.0 Å². The van der Waals surface area contributed by atoms with Crippen LogP contribution in [-0.4, -0.2) is 22.1 Å². The maximum Gasteiger partial charge on any atom is 0.240 e. The fourth-order valence-corrected chi connectivity index (χ4v) is 3.46. The van der Waals surface area contributed by atoms with E-state index >= 15 is 0 Å². The summed E-state index contributed by atoms with van der Waals surface area (Å²) in [6, 6.07) is 12.6. The maximum atomic E-state index is 12.3. The monoisotopic (exact) mass is 383 g/mol. The lowest BCUT2D eigenvalue weighted by Gasteiger charge is -2.10. The van der Waals surface area contributed by atoms with Crippen molar-refractivity contribution in [2.45, 2.75) is 18.2 Å². The Hall–Kier alpha value is -1.37. The van der Waals surface area contributed by atoms with Crippen molar-refractivity contribution in [3.8, 4) is 5.75 Å². The van der Waals surface area contributed by atoms with E-state index in [-0.39, 0.29) is 4.90 Å². The zero-order valence-corrected chi connectivity index (χ0v) is 14.9. The number of para-hydroxylation sites is 1. The number of ether oxygens (including phenoxy) is 1. The lowest BCUT2D eigenvalue weighted by Crippen LogP contribution is -2.26. The SMILES string of the molecule is COc1ccccc1CCNS(=O)(=O)c1ccc(Br)c(C)c1. The highest BCUT2D eigenvalue weighted by Gasteiger charge is 2.14. The normalized spacial score (nSPS) is 11.4. The van der Waals surface area contributed by atoms with Crippen LogP contribution in [0.4, 0.5) is 0 Å². The fourth-order valence-electron chi connectivity index (χ4n) is 2.10. The molecule has 0 aliphatic heterocycles. The summed E-state index contributed by atoms with van der Waals surface area (Å²) in [5, 5.41) is 0. The van der Waals surface area contributed by atoms with Gasteiger partial charge in [0.2, 0.25) is 10.0 Å². The average Bonchev–Trinajstić information content (AvgIpc) is 2.50. The minimum atomic E-state index is -3.50. The third kappa shape index (κ3) is 4.09. The molecule has 0 bridgehead atoms. The van der Waals surface area contributed by atoms with Crippen molar-refractivity contribution in [2.75, 3.05) is 13.7 Å². The Labute approximate surface area is 139 Å². The van der Waals surface area contributed by atoms with E-state index in [0.717, 1.165) is 21.3 Å². The summed E-state index contributed by atoms with van der Waals surface area (Å²) < 4.78 is 33.3. The molecule has 0 saturated heterocycles. The van der Waals surface area contributed by atoms with E-state index in [0.29, 0.717) is 13.0 Å². The molecule has 2 aromatic carbocycles. The summed E-state index contributed by atoms with van der Waals surface area (Å²) >= 11 is 3.37. The number of rotatable bonds is 6. The highest BCUT2D eigenvalue weighted by molar-refractivity contribution is 9.10. The van der Waals surface area contributed by atoms with Crippen LogP contribution in [0.2, 0.25) is 0 Å². The number of aryl methyl sites for hydroxylation is 1. The zero-order chi connectivity index (χ0) is 16.2. The highest BCUT2D eigenvalue weighted by Crippen LogP contribution is 2.20. The van der Waals surface area contributed by atoms with E-state index in [4.69, 9.17) is 4.74 Å². The maximum absolute atomic E-state index is 12.3. The van der Waals surface area contributed by atoms with Crippen LogP contribution < -0.4 is 9.46 Å². The van der Waals surface area contributed by atoms with Gasteiger partial charge in [-0.1, -0.05) is 34.1 Å². The molecule has 2 rings (SSSR count). The van der Waals surface area contributed by atoms with Crippen LogP contribution in [0.1, 0.15) is 11.1 Å². The predicted molar refractivity (Wildman–Crippen MR) is 90.8 cm³/mol. The first-order valence-corrected chi connectivity index (χ1v) is 9.09. The van der Waals surface area contributed by atoms with Crippen LogP contribution in [0.25, 0.3) is 0 Å². The minimum absolute atomic E-state index is 0.272. The van der Waals surface area contributed by atoms with Crippen LogP contribution in [0, 0.1) is 6.92 Å². The summed E-state index contributed by atoms with van der Waals surface area (Å²) in [6.07, 6.45) is 0.568. The molecule has 22 heavy (non-hydrogen) atoms. The second-order valence-electron chi connectivity index (χ2n) is 4.87. The lowest BCUT2D eigenvalue weighted by molar-refractivity contribution is 0.409. The highest BCUT2D eigenvalue weighted by atomic mass is 79.9. The third-order valence-electron chi connectivity index (χ3n) is 3.32. The molecular formula is C16H18BrNO3S. The molecule has 118 valence electrons. The predicted octanol–water partition coefficient (Wildman–Crippen LogP) is 3.29. The van der Waals surface area contributed by atoms with Crippen molar-refractivity contribution in [2.24, 2.45) is 0 Å². The molecule has 0 saturated carbocycles. The molecule has 0 spiro atoms. The van der Waals surface area contributed by atoms with Crippen molar-refractivity contribution >= 4 is 26.0 Å². The first kappa shape index (κ1) is 17.0. The first-order valence-electron chi connectivity index (χ1n) is 6.82. The Morgan fingerprint density at radius 1 is 1.18 bits per heavy atom. The minimum Gasteiger partial charge on any atom is -0.496 e. The zero-order valence-electron chi connectivity index (χ0n) is 12.5. The largest absolute Gasteiger partial charge is 0.496 e. The smallest absolute Gasteiger partial charge is 0.240 e. The number of sulfonamides is 1. The molecule has 0 atom stereocenters. The summed E-state index contributed by atoms with van der Waals surface area (Å²) in [4.78, 5) is 0.272. The number of hydrogen-bond acceptors (Lipinski definition) is 3. The molecule has 0 radical (unpaired) electrons. The van der Waals surface area contributed by atoms with Gasteiger partial charge in [-0.15, -0.1) is 0 Å². The van der Waals surface area contributed by atoms with Gasteiger partial charge >= 0.3 is 0 Å². The summed E-state index contributed by atoms with van der Waals surface area (Å²) in [6.45, 7) is 2.18. The van der Waals surface area contributed by atoms with Gasteiger partial charge in [-0.25, -0.2) is 13.1 Å². The van der Waals surface area contributed by atoms with Gasteiger partial charge in [0.15, 0.2) is 0 Å². The molecule has 1 N–H and O–H groups in total. The Morgan fingerprint density at radius 2 is 1.91 bits per heavy atom. The van der Waals surface area contributed by atoms with Gasteiger partial charge < -0.3 is 4.74 Å². The first-order chi connectivity index (χ1) is 10.4. The van der Waals surface area contributed by atoms with E-state index in [1.54, 1.807) is 25.3 Å². The topological polar surface area (TPSA) is 55.4 Å². The van der Waals surface area contributed by atoms with E-state index in [1.807, 2.05) is 31.2 Å². The molecule has 4 nitrogen and oxygen atoms in total. The quantitative estimate of drug-likeness (QED) is 0.832.